The van der Waals surface area contributed by atoms with Crippen LogP contribution in [0.4, 0.5) is 10.2 Å². The van der Waals surface area contributed by atoms with Gasteiger partial charge in [0.15, 0.2) is 11.5 Å². The van der Waals surface area contributed by atoms with Crippen LogP contribution >= 0.6 is 0 Å². The van der Waals surface area contributed by atoms with Gasteiger partial charge in [0.2, 0.25) is 0 Å². The van der Waals surface area contributed by atoms with Crippen molar-refractivity contribution >= 4 is 11.7 Å². The van der Waals surface area contributed by atoms with E-state index in [0.29, 0.717) is 5.82 Å². The number of halogens is 1. The minimum Gasteiger partial charge on any atom is -0.355 e. The van der Waals surface area contributed by atoms with E-state index < -0.39 is 11.7 Å². The molecule has 1 aromatic carbocycles. The monoisotopic (exact) mass is 326 g/mol. The Morgan fingerprint density at radius 1 is 1.33 bits per heavy atom. The van der Waals surface area contributed by atoms with E-state index in [2.05, 4.69) is 15.6 Å². The molecular weight excluding hydrogens is 311 g/mol. The summed E-state index contributed by atoms with van der Waals surface area (Å²) in [6.07, 6.45) is 2.88. The molecule has 1 N–H and O–H groups in total. The standard InChI is InChI=1S/C17H15FN4O2/c1-22-16(11-6-4-8-13(11)20-22)19-17(23)14-9-15(24-21-14)10-5-2-3-7-12(10)18/h2-3,5,7,9H,4,6,8H2,1H3,(H,19,23). The molecule has 1 aliphatic carbocycles. The Labute approximate surface area is 137 Å². The normalized spacial score (nSPS) is 13.1. The highest BCUT2D eigenvalue weighted by Gasteiger charge is 2.23. The molecule has 7 heteroatoms. The molecule has 1 amide bonds. The first-order valence-electron chi connectivity index (χ1n) is 7.71. The van der Waals surface area contributed by atoms with E-state index in [1.165, 1.54) is 12.1 Å². The number of carbonyl (C=O) groups is 1. The van der Waals surface area contributed by atoms with Gasteiger partial charge in [-0.2, -0.15) is 5.10 Å². The maximum Gasteiger partial charge on any atom is 0.279 e. The largest absolute Gasteiger partial charge is 0.355 e. The highest BCUT2D eigenvalue weighted by molar-refractivity contribution is 6.03. The van der Waals surface area contributed by atoms with Crippen molar-refractivity contribution in [2.24, 2.45) is 7.05 Å². The Balaban J connectivity index is 1.59. The van der Waals surface area contributed by atoms with E-state index in [-0.39, 0.29) is 17.0 Å². The lowest BCUT2D eigenvalue weighted by atomic mass is 10.1. The van der Waals surface area contributed by atoms with E-state index in [1.54, 1.807) is 29.9 Å². The molecule has 2 aromatic heterocycles. The number of anilines is 1. The third-order valence-electron chi connectivity index (χ3n) is 4.18. The van der Waals surface area contributed by atoms with E-state index in [4.69, 9.17) is 4.52 Å². The number of hydrogen-bond donors (Lipinski definition) is 1. The summed E-state index contributed by atoms with van der Waals surface area (Å²) in [7, 11) is 1.79. The maximum absolute atomic E-state index is 13.8. The van der Waals surface area contributed by atoms with E-state index in [0.717, 1.165) is 30.5 Å². The van der Waals surface area contributed by atoms with Crippen LogP contribution in [0.5, 0.6) is 0 Å². The van der Waals surface area contributed by atoms with Crippen LogP contribution in [0.25, 0.3) is 11.3 Å². The summed E-state index contributed by atoms with van der Waals surface area (Å²) in [5, 5.41) is 11.0. The van der Waals surface area contributed by atoms with Crippen LogP contribution in [0.15, 0.2) is 34.9 Å². The first kappa shape index (κ1) is 14.6. The molecule has 24 heavy (non-hydrogen) atoms. The summed E-state index contributed by atoms with van der Waals surface area (Å²) in [4.78, 5) is 12.4. The lowest BCUT2D eigenvalue weighted by Crippen LogP contribution is -2.16. The van der Waals surface area contributed by atoms with Crippen molar-refractivity contribution in [2.75, 3.05) is 5.32 Å². The lowest BCUT2D eigenvalue weighted by molar-refractivity contribution is 0.101. The van der Waals surface area contributed by atoms with Crippen molar-refractivity contribution in [3.05, 3.63) is 53.1 Å². The number of rotatable bonds is 3. The average molecular weight is 326 g/mol. The van der Waals surface area contributed by atoms with Crippen LogP contribution in [-0.2, 0) is 19.9 Å². The number of hydrogen-bond acceptors (Lipinski definition) is 4. The molecule has 6 nitrogen and oxygen atoms in total. The van der Waals surface area contributed by atoms with Gasteiger partial charge in [0, 0.05) is 18.7 Å². The third-order valence-corrected chi connectivity index (χ3v) is 4.18. The zero-order valence-electron chi connectivity index (χ0n) is 13.0. The molecule has 3 aromatic rings. The summed E-state index contributed by atoms with van der Waals surface area (Å²) in [6.45, 7) is 0. The fourth-order valence-electron chi connectivity index (χ4n) is 3.02. The van der Waals surface area contributed by atoms with Gasteiger partial charge in [-0.3, -0.25) is 9.48 Å². The minimum atomic E-state index is -0.426. The smallest absolute Gasteiger partial charge is 0.279 e. The van der Waals surface area contributed by atoms with E-state index in [1.807, 2.05) is 0 Å². The summed E-state index contributed by atoms with van der Waals surface area (Å²) >= 11 is 0. The quantitative estimate of drug-likeness (QED) is 0.803. The highest BCUT2D eigenvalue weighted by Crippen LogP contribution is 2.29. The molecular formula is C17H15FN4O2. The molecule has 0 atom stereocenters. The SMILES string of the molecule is Cn1nc2c(c1NC(=O)c1cc(-c3ccccc3F)on1)CCC2. The Bertz CT molecular complexity index is 929. The molecule has 122 valence electrons. The number of nitrogens with zero attached hydrogens (tertiary/aromatic N) is 3. The van der Waals surface area contributed by atoms with Crippen molar-refractivity contribution in [1.82, 2.24) is 14.9 Å². The van der Waals surface area contributed by atoms with Crippen LogP contribution in [-0.4, -0.2) is 20.8 Å². The van der Waals surface area contributed by atoms with Gasteiger partial charge in [0.25, 0.3) is 5.91 Å². The van der Waals surface area contributed by atoms with E-state index in [9.17, 15) is 9.18 Å². The van der Waals surface area contributed by atoms with Crippen molar-refractivity contribution < 1.29 is 13.7 Å². The Hall–Kier alpha value is -2.96. The second kappa shape index (κ2) is 5.59. The van der Waals surface area contributed by atoms with E-state index >= 15 is 0 Å². The molecule has 4 rings (SSSR count). The Kier molecular flexibility index (Phi) is 3.41. The van der Waals surface area contributed by atoms with Crippen LogP contribution in [0.2, 0.25) is 0 Å². The van der Waals surface area contributed by atoms with Crippen LogP contribution < -0.4 is 5.32 Å². The van der Waals surface area contributed by atoms with Crippen LogP contribution in [0, 0.1) is 5.82 Å². The fraction of sp³-hybridized carbons (Fsp3) is 0.235. The number of benzene rings is 1. The summed E-state index contributed by atoms with van der Waals surface area (Å²) in [6, 6.07) is 7.62. The molecule has 0 radical (unpaired) electrons. The minimum absolute atomic E-state index is 0.0983. The zero-order chi connectivity index (χ0) is 16.7. The topological polar surface area (TPSA) is 73.0 Å². The van der Waals surface area contributed by atoms with Crippen molar-refractivity contribution in [2.45, 2.75) is 19.3 Å². The van der Waals surface area contributed by atoms with Crippen molar-refractivity contribution in [3.8, 4) is 11.3 Å². The number of aromatic nitrogens is 3. The van der Waals surface area contributed by atoms with Gasteiger partial charge >= 0.3 is 0 Å². The summed E-state index contributed by atoms with van der Waals surface area (Å²) in [5.74, 6) is 0.0699. The zero-order valence-corrected chi connectivity index (χ0v) is 13.0. The molecule has 0 bridgehead atoms. The van der Waals surface area contributed by atoms with Gasteiger partial charge in [-0.1, -0.05) is 17.3 Å². The molecule has 2 heterocycles. The maximum atomic E-state index is 13.8. The van der Waals surface area contributed by atoms with Gasteiger partial charge in [0.05, 0.1) is 11.3 Å². The van der Waals surface area contributed by atoms with Gasteiger partial charge in [0.1, 0.15) is 11.6 Å². The molecule has 0 saturated carbocycles. The fourth-order valence-corrected chi connectivity index (χ4v) is 3.02. The summed E-state index contributed by atoms with van der Waals surface area (Å²) < 4.78 is 20.6. The number of amides is 1. The predicted octanol–water partition coefficient (Wildman–Crippen LogP) is 2.96. The van der Waals surface area contributed by atoms with Gasteiger partial charge in [-0.25, -0.2) is 4.39 Å². The number of carbonyl (C=O) groups excluding carboxylic acids is 1. The predicted molar refractivity (Wildman–Crippen MR) is 85.1 cm³/mol. The molecule has 0 unspecified atom stereocenters. The Morgan fingerprint density at radius 2 is 2.17 bits per heavy atom. The van der Waals surface area contributed by atoms with Gasteiger partial charge in [-0.05, 0) is 31.4 Å². The van der Waals surface area contributed by atoms with Gasteiger partial charge in [-0.15, -0.1) is 0 Å². The molecule has 0 aliphatic heterocycles. The Morgan fingerprint density at radius 3 is 3.00 bits per heavy atom. The van der Waals surface area contributed by atoms with Crippen LogP contribution in [0.1, 0.15) is 28.2 Å². The third kappa shape index (κ3) is 2.38. The molecule has 0 spiro atoms. The van der Waals surface area contributed by atoms with Crippen molar-refractivity contribution in [3.63, 3.8) is 0 Å². The van der Waals surface area contributed by atoms with Gasteiger partial charge < -0.3 is 9.84 Å². The second-order valence-corrected chi connectivity index (χ2v) is 5.76. The van der Waals surface area contributed by atoms with Crippen LogP contribution in [0.3, 0.4) is 0 Å². The number of fused-ring (bicyclic) bond motifs is 1. The first-order chi connectivity index (χ1) is 11.6. The molecule has 0 fully saturated rings. The van der Waals surface area contributed by atoms with Crippen molar-refractivity contribution in [1.29, 1.82) is 0 Å². The summed E-state index contributed by atoms with van der Waals surface area (Å²) in [5.41, 5.74) is 2.47. The lowest BCUT2D eigenvalue weighted by Gasteiger charge is -2.05. The highest BCUT2D eigenvalue weighted by atomic mass is 19.1. The average Bonchev–Trinajstić information content (AvgIpc) is 3.26. The first-order valence-corrected chi connectivity index (χ1v) is 7.71. The molecule has 0 saturated heterocycles. The second-order valence-electron chi connectivity index (χ2n) is 5.76. The number of aryl methyl sites for hydroxylation is 2. The molecule has 1 aliphatic rings. The number of nitrogens with one attached hydrogen (secondary N) is 1.